The number of hydrogen-bond acceptors (Lipinski definition) is 5. The number of methoxy groups -OCH3 is 1. The third kappa shape index (κ3) is 4.26. The van der Waals surface area contributed by atoms with Gasteiger partial charge in [0.05, 0.1) is 13.7 Å². The molecule has 0 saturated heterocycles. The Labute approximate surface area is 177 Å². The van der Waals surface area contributed by atoms with Crippen LogP contribution in [0.5, 0.6) is 5.75 Å². The van der Waals surface area contributed by atoms with Crippen molar-refractivity contribution in [2.45, 2.75) is 19.7 Å². The van der Waals surface area contributed by atoms with E-state index in [4.69, 9.17) is 4.74 Å². The van der Waals surface area contributed by atoms with Gasteiger partial charge >= 0.3 is 0 Å². The second kappa shape index (κ2) is 8.63. The molecule has 0 unspecified atom stereocenters. The topological polar surface area (TPSA) is 62.9 Å². The zero-order chi connectivity index (χ0) is 20.2. The molecule has 1 N–H and O–H groups in total. The van der Waals surface area contributed by atoms with Gasteiger partial charge in [-0.25, -0.2) is 9.50 Å². The number of aliphatic hydroxyl groups is 1. The zero-order valence-electron chi connectivity index (χ0n) is 16.0. The number of ether oxygens (including phenoxy) is 1. The summed E-state index contributed by atoms with van der Waals surface area (Å²) in [6.07, 6.45) is 1.57. The predicted molar refractivity (Wildman–Crippen MR) is 116 cm³/mol. The van der Waals surface area contributed by atoms with E-state index in [1.54, 1.807) is 13.4 Å². The first-order valence-electron chi connectivity index (χ1n) is 9.22. The van der Waals surface area contributed by atoms with E-state index in [1.807, 2.05) is 53.0 Å². The van der Waals surface area contributed by atoms with Crippen LogP contribution in [0.15, 0.2) is 71.6 Å². The Morgan fingerprint density at radius 1 is 0.931 bits per heavy atom. The molecule has 4 rings (SSSR count). The molecule has 0 bridgehead atoms. The molecule has 2 aromatic heterocycles. The van der Waals surface area contributed by atoms with Crippen LogP contribution in [-0.2, 0) is 19.7 Å². The Kier molecular flexibility index (Phi) is 5.78. The molecular weight excluding hydrogens is 432 g/mol. The van der Waals surface area contributed by atoms with E-state index in [1.165, 1.54) is 0 Å². The van der Waals surface area contributed by atoms with Gasteiger partial charge < -0.3 is 14.7 Å². The summed E-state index contributed by atoms with van der Waals surface area (Å²) in [4.78, 5) is 6.81. The van der Waals surface area contributed by atoms with Crippen LogP contribution >= 0.6 is 15.9 Å². The Hall–Kier alpha value is -2.90. The van der Waals surface area contributed by atoms with Crippen molar-refractivity contribution in [1.82, 2.24) is 14.6 Å². The molecule has 0 fully saturated rings. The maximum Gasteiger partial charge on any atom is 0.157 e. The molecule has 0 amide bonds. The second-order valence-corrected chi connectivity index (χ2v) is 7.53. The molecule has 0 spiro atoms. The molecule has 0 saturated carbocycles. The van der Waals surface area contributed by atoms with Crippen molar-refractivity contribution in [3.63, 3.8) is 0 Å². The molecule has 6 nitrogen and oxygen atoms in total. The summed E-state index contributed by atoms with van der Waals surface area (Å²) in [6.45, 7) is 1.40. The molecule has 2 heterocycles. The second-order valence-electron chi connectivity index (χ2n) is 6.72. The predicted octanol–water partition coefficient (Wildman–Crippen LogP) is 4.20. The lowest BCUT2D eigenvalue weighted by Gasteiger charge is -2.25. The minimum atomic E-state index is 0.0422. The lowest BCUT2D eigenvalue weighted by molar-refractivity contribution is 0.282. The van der Waals surface area contributed by atoms with Crippen LogP contribution < -0.4 is 9.64 Å². The van der Waals surface area contributed by atoms with Crippen molar-refractivity contribution in [3.8, 4) is 5.75 Å². The number of halogens is 1. The van der Waals surface area contributed by atoms with Crippen molar-refractivity contribution in [3.05, 3.63) is 88.3 Å². The number of benzene rings is 2. The van der Waals surface area contributed by atoms with Gasteiger partial charge in [0.2, 0.25) is 0 Å². The molecule has 0 aliphatic carbocycles. The van der Waals surface area contributed by atoms with Gasteiger partial charge in [-0.1, -0.05) is 36.4 Å². The van der Waals surface area contributed by atoms with E-state index < -0.39 is 0 Å². The maximum absolute atomic E-state index is 9.30. The van der Waals surface area contributed by atoms with E-state index in [2.05, 4.69) is 43.0 Å². The van der Waals surface area contributed by atoms with Crippen LogP contribution in [0.25, 0.3) is 5.52 Å². The summed E-state index contributed by atoms with van der Waals surface area (Å²) in [6, 6.07) is 20.0. The number of aromatic nitrogens is 3. The summed E-state index contributed by atoms with van der Waals surface area (Å²) in [5, 5.41) is 13.6. The standard InChI is InChI=1S/C22H21BrN4O2/c1-29-19-8-6-17(7-9-19)13-26(12-16-2-4-18(14-28)5-3-16)22-20-10-11-21(23)27(20)25-15-24-22/h2-11,15,28H,12-14H2,1H3. The Balaban J connectivity index is 1.70. The first kappa shape index (κ1) is 19.4. The van der Waals surface area contributed by atoms with E-state index in [0.717, 1.165) is 38.4 Å². The summed E-state index contributed by atoms with van der Waals surface area (Å²) >= 11 is 3.53. The van der Waals surface area contributed by atoms with Crippen molar-refractivity contribution in [2.24, 2.45) is 0 Å². The van der Waals surface area contributed by atoms with Gasteiger partial charge in [-0.2, -0.15) is 5.10 Å². The highest BCUT2D eigenvalue weighted by Gasteiger charge is 2.15. The van der Waals surface area contributed by atoms with Gasteiger partial charge in [-0.15, -0.1) is 0 Å². The van der Waals surface area contributed by atoms with E-state index in [-0.39, 0.29) is 6.61 Å². The van der Waals surface area contributed by atoms with Crippen molar-refractivity contribution < 1.29 is 9.84 Å². The van der Waals surface area contributed by atoms with Gasteiger partial charge in [0.1, 0.15) is 22.2 Å². The summed E-state index contributed by atoms with van der Waals surface area (Å²) in [7, 11) is 1.67. The molecule has 2 aromatic carbocycles. The monoisotopic (exact) mass is 452 g/mol. The van der Waals surface area contributed by atoms with Crippen LogP contribution in [0.2, 0.25) is 0 Å². The number of fused-ring (bicyclic) bond motifs is 1. The van der Waals surface area contributed by atoms with Crippen molar-refractivity contribution in [2.75, 3.05) is 12.0 Å². The Morgan fingerprint density at radius 2 is 1.55 bits per heavy atom. The molecule has 4 aromatic rings. The zero-order valence-corrected chi connectivity index (χ0v) is 17.6. The summed E-state index contributed by atoms with van der Waals surface area (Å²) < 4.78 is 7.99. The summed E-state index contributed by atoms with van der Waals surface area (Å²) in [5.74, 6) is 1.69. The molecule has 29 heavy (non-hydrogen) atoms. The molecule has 0 aliphatic heterocycles. The average Bonchev–Trinajstić information content (AvgIpc) is 3.15. The Bertz CT molecular complexity index is 1040. The van der Waals surface area contributed by atoms with Crippen molar-refractivity contribution >= 4 is 27.3 Å². The van der Waals surface area contributed by atoms with E-state index in [0.29, 0.717) is 13.1 Å². The number of rotatable bonds is 7. The fourth-order valence-electron chi connectivity index (χ4n) is 3.26. The molecule has 0 radical (unpaired) electrons. The molecule has 0 aliphatic rings. The smallest absolute Gasteiger partial charge is 0.157 e. The van der Waals surface area contributed by atoms with Crippen molar-refractivity contribution in [1.29, 1.82) is 0 Å². The minimum absolute atomic E-state index is 0.0422. The highest BCUT2D eigenvalue weighted by Crippen LogP contribution is 2.26. The van der Waals surface area contributed by atoms with E-state index >= 15 is 0 Å². The number of nitrogens with zero attached hydrogens (tertiary/aromatic N) is 4. The fraction of sp³-hybridized carbons (Fsp3) is 0.182. The van der Waals surface area contributed by atoms with Gasteiger partial charge in [0.15, 0.2) is 5.82 Å². The van der Waals surface area contributed by atoms with Gasteiger partial charge in [0, 0.05) is 13.1 Å². The van der Waals surface area contributed by atoms with Gasteiger partial charge in [0.25, 0.3) is 0 Å². The summed E-state index contributed by atoms with van der Waals surface area (Å²) in [5.41, 5.74) is 4.12. The van der Waals surface area contributed by atoms with Gasteiger partial charge in [-0.05, 0) is 56.9 Å². The first-order chi connectivity index (χ1) is 14.2. The SMILES string of the molecule is COc1ccc(CN(Cc2ccc(CO)cc2)c2ncnn3c(Br)ccc23)cc1. The Morgan fingerprint density at radius 3 is 2.17 bits per heavy atom. The third-order valence-electron chi connectivity index (χ3n) is 4.80. The average molecular weight is 453 g/mol. The first-order valence-corrected chi connectivity index (χ1v) is 10.0. The lowest BCUT2D eigenvalue weighted by atomic mass is 10.1. The van der Waals surface area contributed by atoms with Crippen LogP contribution in [0.3, 0.4) is 0 Å². The highest BCUT2D eigenvalue weighted by atomic mass is 79.9. The molecule has 0 atom stereocenters. The molecular formula is C22H21BrN4O2. The molecule has 148 valence electrons. The normalized spacial score (nSPS) is 11.0. The maximum atomic E-state index is 9.30. The molecule has 7 heteroatoms. The highest BCUT2D eigenvalue weighted by molar-refractivity contribution is 9.10. The number of anilines is 1. The lowest BCUT2D eigenvalue weighted by Crippen LogP contribution is -2.24. The van der Waals surface area contributed by atoms with Crippen LogP contribution in [-0.4, -0.2) is 26.8 Å². The minimum Gasteiger partial charge on any atom is -0.497 e. The quantitative estimate of drug-likeness (QED) is 0.455. The van der Waals surface area contributed by atoms with Gasteiger partial charge in [-0.3, -0.25) is 0 Å². The third-order valence-corrected chi connectivity index (χ3v) is 5.40. The van der Waals surface area contributed by atoms with Crippen LogP contribution in [0, 0.1) is 0 Å². The van der Waals surface area contributed by atoms with Crippen LogP contribution in [0.1, 0.15) is 16.7 Å². The number of aliphatic hydroxyl groups excluding tert-OH is 1. The number of hydrogen-bond donors (Lipinski definition) is 1. The largest absolute Gasteiger partial charge is 0.497 e. The fourth-order valence-corrected chi connectivity index (χ4v) is 3.67. The van der Waals surface area contributed by atoms with E-state index in [9.17, 15) is 5.11 Å². The van der Waals surface area contributed by atoms with Crippen LogP contribution in [0.4, 0.5) is 5.82 Å².